The molecule has 5 atom stereocenters. The van der Waals surface area contributed by atoms with Crippen LogP contribution in [0.5, 0.6) is 0 Å². The fraction of sp³-hybridized carbons (Fsp3) is 0.706. The third kappa shape index (κ3) is 1.61. The van der Waals surface area contributed by atoms with E-state index in [1.54, 1.807) is 6.33 Å². The van der Waals surface area contributed by atoms with E-state index in [0.717, 1.165) is 29.8 Å². The summed E-state index contributed by atoms with van der Waals surface area (Å²) in [5.74, 6) is 1.86. The Hall–Kier alpha value is -1.73. The lowest BCUT2D eigenvalue weighted by Crippen LogP contribution is -2.37. The second kappa shape index (κ2) is 4.46. The standard InChI is InChI=1S/C17H21N5O2/c23-5-17-4-9-3-11(17)14(24-6-17)13(9)22-8-20-12-15(21-10-1-2-10)18-7-19-16(12)22/h7-11,13-14,23H,1-6H2,(H,18,19,21)/t9-,11-,13-,14-,17-/m1/s1. The van der Waals surface area contributed by atoms with E-state index in [0.29, 0.717) is 24.5 Å². The zero-order valence-electron chi connectivity index (χ0n) is 13.4. The topological polar surface area (TPSA) is 85.1 Å². The highest BCUT2D eigenvalue weighted by Crippen LogP contribution is 2.64. The van der Waals surface area contributed by atoms with Crippen LogP contribution in [0.2, 0.25) is 0 Å². The molecule has 3 heterocycles. The van der Waals surface area contributed by atoms with Gasteiger partial charge in [0, 0.05) is 11.5 Å². The number of hydrogen-bond donors (Lipinski definition) is 2. The molecule has 2 aromatic rings. The first-order valence-corrected chi connectivity index (χ1v) is 8.96. The average molecular weight is 327 g/mol. The van der Waals surface area contributed by atoms with Crippen molar-refractivity contribution in [3.63, 3.8) is 0 Å². The van der Waals surface area contributed by atoms with E-state index < -0.39 is 0 Å². The molecule has 2 N–H and O–H groups in total. The van der Waals surface area contributed by atoms with Gasteiger partial charge in [0.25, 0.3) is 0 Å². The highest BCUT2D eigenvalue weighted by atomic mass is 16.5. The SMILES string of the molecule is OC[C@]12CO[C@H]3[C@H](n4cnc5c(NC6CC6)ncnc54)[C@H](C[C@H]31)C2. The molecule has 0 amide bonds. The van der Waals surface area contributed by atoms with Crippen molar-refractivity contribution in [2.24, 2.45) is 17.3 Å². The Balaban J connectivity index is 1.41. The molecule has 3 saturated carbocycles. The van der Waals surface area contributed by atoms with Gasteiger partial charge < -0.3 is 19.7 Å². The maximum Gasteiger partial charge on any atom is 0.165 e. The quantitative estimate of drug-likeness (QED) is 0.882. The summed E-state index contributed by atoms with van der Waals surface area (Å²) in [6, 6.07) is 0.824. The van der Waals surface area contributed by atoms with Crippen molar-refractivity contribution < 1.29 is 9.84 Å². The van der Waals surface area contributed by atoms with Crippen LogP contribution in [0, 0.1) is 17.3 Å². The number of aliphatic hydroxyl groups excluding tert-OH is 1. The van der Waals surface area contributed by atoms with Crippen molar-refractivity contribution in [2.75, 3.05) is 18.5 Å². The number of ether oxygens (including phenoxy) is 1. The fourth-order valence-corrected chi connectivity index (χ4v) is 5.43. The Bertz CT molecular complexity index is 818. The van der Waals surface area contributed by atoms with Gasteiger partial charge in [-0.3, -0.25) is 0 Å². The molecule has 6 rings (SSSR count). The smallest absolute Gasteiger partial charge is 0.165 e. The Labute approximate surface area is 139 Å². The third-order valence-electron chi connectivity index (χ3n) is 6.70. The second-order valence-corrected chi connectivity index (χ2v) is 8.06. The minimum Gasteiger partial charge on any atom is -0.396 e. The van der Waals surface area contributed by atoms with Crippen LogP contribution in [0.25, 0.3) is 11.2 Å². The van der Waals surface area contributed by atoms with Crippen LogP contribution < -0.4 is 5.32 Å². The predicted molar refractivity (Wildman–Crippen MR) is 86.5 cm³/mol. The Morgan fingerprint density at radius 1 is 1.33 bits per heavy atom. The van der Waals surface area contributed by atoms with Gasteiger partial charge in [-0.1, -0.05) is 0 Å². The summed E-state index contributed by atoms with van der Waals surface area (Å²) in [7, 11) is 0. The van der Waals surface area contributed by atoms with Crippen LogP contribution in [0.3, 0.4) is 0 Å². The number of aliphatic hydroxyl groups is 1. The number of rotatable bonds is 4. The number of fused-ring (bicyclic) bond motifs is 2. The van der Waals surface area contributed by atoms with Crippen LogP contribution in [0.4, 0.5) is 5.82 Å². The number of anilines is 1. The van der Waals surface area contributed by atoms with E-state index in [9.17, 15) is 5.11 Å². The van der Waals surface area contributed by atoms with Crippen LogP contribution in [-0.4, -0.2) is 50.0 Å². The van der Waals surface area contributed by atoms with Gasteiger partial charge in [-0.05, 0) is 37.5 Å². The van der Waals surface area contributed by atoms with Crippen LogP contribution >= 0.6 is 0 Å². The molecule has 7 nitrogen and oxygen atoms in total. The molecule has 2 bridgehead atoms. The molecule has 0 unspecified atom stereocenters. The van der Waals surface area contributed by atoms with E-state index >= 15 is 0 Å². The summed E-state index contributed by atoms with van der Waals surface area (Å²) < 4.78 is 8.35. The molecule has 126 valence electrons. The predicted octanol–water partition coefficient (Wildman–Crippen LogP) is 1.36. The molecule has 2 aromatic heterocycles. The van der Waals surface area contributed by atoms with Crippen molar-refractivity contribution in [1.82, 2.24) is 19.5 Å². The minimum atomic E-state index is 0.00981. The lowest BCUT2D eigenvalue weighted by atomic mass is 9.74. The molecule has 0 aromatic carbocycles. The summed E-state index contributed by atoms with van der Waals surface area (Å²) in [4.78, 5) is 13.5. The first kappa shape index (κ1) is 13.5. The number of hydrogen-bond acceptors (Lipinski definition) is 6. The zero-order chi connectivity index (χ0) is 15.9. The minimum absolute atomic E-state index is 0.00981. The molecular formula is C17H21N5O2. The Morgan fingerprint density at radius 3 is 3.08 bits per heavy atom. The normalized spacial score (nSPS) is 39.9. The van der Waals surface area contributed by atoms with E-state index in [1.807, 2.05) is 6.33 Å². The molecule has 24 heavy (non-hydrogen) atoms. The summed E-state index contributed by atoms with van der Waals surface area (Å²) >= 11 is 0. The van der Waals surface area contributed by atoms with Gasteiger partial charge in [-0.25, -0.2) is 15.0 Å². The highest BCUT2D eigenvalue weighted by Gasteiger charge is 2.65. The molecule has 7 heteroatoms. The number of imidazole rings is 1. The van der Waals surface area contributed by atoms with Crippen molar-refractivity contribution in [2.45, 2.75) is 43.9 Å². The zero-order valence-corrected chi connectivity index (χ0v) is 13.4. The third-order valence-corrected chi connectivity index (χ3v) is 6.70. The van der Waals surface area contributed by atoms with Gasteiger partial charge in [0.2, 0.25) is 0 Å². The summed E-state index contributed by atoms with van der Waals surface area (Å²) in [6.07, 6.45) is 8.33. The summed E-state index contributed by atoms with van der Waals surface area (Å²) in [5.41, 5.74) is 1.77. The molecule has 0 spiro atoms. The largest absolute Gasteiger partial charge is 0.396 e. The number of nitrogens with zero attached hydrogens (tertiary/aromatic N) is 4. The van der Waals surface area contributed by atoms with Crippen LogP contribution in [0.1, 0.15) is 31.7 Å². The van der Waals surface area contributed by atoms with Crippen molar-refractivity contribution in [1.29, 1.82) is 0 Å². The van der Waals surface area contributed by atoms with Crippen molar-refractivity contribution in [3.8, 4) is 0 Å². The number of aromatic nitrogens is 4. The van der Waals surface area contributed by atoms with Gasteiger partial charge in [0.05, 0.1) is 31.7 Å². The van der Waals surface area contributed by atoms with Crippen molar-refractivity contribution >= 4 is 17.0 Å². The van der Waals surface area contributed by atoms with Crippen LogP contribution in [0.15, 0.2) is 12.7 Å². The average Bonchev–Trinajstić information content (AvgIpc) is 2.95. The molecule has 3 aliphatic carbocycles. The monoisotopic (exact) mass is 327 g/mol. The van der Waals surface area contributed by atoms with E-state index in [1.165, 1.54) is 12.8 Å². The molecule has 1 aliphatic heterocycles. The highest BCUT2D eigenvalue weighted by molar-refractivity contribution is 5.83. The van der Waals surface area contributed by atoms with Gasteiger partial charge >= 0.3 is 0 Å². The molecule has 4 aliphatic rings. The van der Waals surface area contributed by atoms with Gasteiger partial charge in [-0.2, -0.15) is 0 Å². The maximum atomic E-state index is 9.85. The van der Waals surface area contributed by atoms with E-state index in [4.69, 9.17) is 4.74 Å². The maximum absolute atomic E-state index is 9.85. The Morgan fingerprint density at radius 2 is 2.25 bits per heavy atom. The molecular weight excluding hydrogens is 306 g/mol. The fourth-order valence-electron chi connectivity index (χ4n) is 5.43. The van der Waals surface area contributed by atoms with Crippen molar-refractivity contribution in [3.05, 3.63) is 12.7 Å². The molecule has 0 radical (unpaired) electrons. The Kier molecular flexibility index (Phi) is 2.52. The number of nitrogens with one attached hydrogen (secondary N) is 1. The molecule has 4 fully saturated rings. The van der Waals surface area contributed by atoms with E-state index in [-0.39, 0.29) is 24.2 Å². The lowest BCUT2D eigenvalue weighted by molar-refractivity contribution is 0.0656. The lowest BCUT2D eigenvalue weighted by Gasteiger charge is -2.33. The van der Waals surface area contributed by atoms with Gasteiger partial charge in [-0.15, -0.1) is 0 Å². The second-order valence-electron chi connectivity index (χ2n) is 8.06. The van der Waals surface area contributed by atoms with E-state index in [2.05, 4.69) is 24.8 Å². The summed E-state index contributed by atoms with van der Waals surface area (Å²) in [6.45, 7) is 0.946. The first-order chi connectivity index (χ1) is 11.8. The molecule has 1 saturated heterocycles. The van der Waals surface area contributed by atoms with Crippen LogP contribution in [-0.2, 0) is 4.74 Å². The van der Waals surface area contributed by atoms with Gasteiger partial charge in [0.15, 0.2) is 11.5 Å². The summed E-state index contributed by atoms with van der Waals surface area (Å²) in [5, 5.41) is 13.3. The van der Waals surface area contributed by atoms with Gasteiger partial charge in [0.1, 0.15) is 11.8 Å². The first-order valence-electron chi connectivity index (χ1n) is 8.96.